The third-order valence-corrected chi connectivity index (χ3v) is 7.04. The van der Waals surface area contributed by atoms with E-state index in [2.05, 4.69) is 72.4 Å². The van der Waals surface area contributed by atoms with E-state index in [1.54, 1.807) is 5.56 Å². The van der Waals surface area contributed by atoms with Crippen LogP contribution in [0.2, 0.25) is 0 Å². The molecule has 0 unspecified atom stereocenters. The minimum Gasteiger partial charge on any atom is -0.349 e. The number of aromatic amines is 1. The molecule has 25 heavy (non-hydrogen) atoms. The van der Waals surface area contributed by atoms with Crippen LogP contribution in [0.1, 0.15) is 30.4 Å². The number of H-pyrrole nitrogens is 1. The Balaban J connectivity index is 1.64. The van der Waals surface area contributed by atoms with Gasteiger partial charge < -0.3 is 9.88 Å². The highest BCUT2D eigenvalue weighted by Crippen LogP contribution is 2.47. The van der Waals surface area contributed by atoms with Gasteiger partial charge in [-0.3, -0.25) is 0 Å². The molecule has 0 bridgehead atoms. The van der Waals surface area contributed by atoms with E-state index >= 15 is 0 Å². The molecule has 1 N–H and O–H groups in total. The molecule has 2 aliphatic rings. The largest absolute Gasteiger partial charge is 0.349 e. The van der Waals surface area contributed by atoms with Gasteiger partial charge in [0.05, 0.1) is 5.03 Å². The number of aromatic nitrogens is 1. The zero-order valence-corrected chi connectivity index (χ0v) is 15.6. The fraction of sp³-hybridized carbons (Fsp3) is 0.364. The van der Waals surface area contributed by atoms with Crippen LogP contribution in [0.3, 0.4) is 0 Å². The maximum atomic E-state index is 3.72. The summed E-state index contributed by atoms with van der Waals surface area (Å²) < 4.78 is 0. The lowest BCUT2D eigenvalue weighted by molar-refractivity contribution is 0.119. The van der Waals surface area contributed by atoms with Gasteiger partial charge in [-0.2, -0.15) is 0 Å². The van der Waals surface area contributed by atoms with Crippen molar-refractivity contribution in [2.45, 2.75) is 41.6 Å². The smallest absolute Gasteiger partial charge is 0.0814 e. The minimum atomic E-state index is 0.639. The van der Waals surface area contributed by atoms with Gasteiger partial charge in [0.2, 0.25) is 0 Å². The zero-order valence-electron chi connectivity index (χ0n) is 14.8. The Morgan fingerprint density at radius 2 is 1.92 bits per heavy atom. The van der Waals surface area contributed by atoms with E-state index in [1.165, 1.54) is 45.8 Å². The average Bonchev–Trinajstić information content (AvgIpc) is 2.96. The summed E-state index contributed by atoms with van der Waals surface area (Å²) in [5, 5.41) is 2.84. The van der Waals surface area contributed by atoms with Gasteiger partial charge in [0.1, 0.15) is 0 Å². The number of fused-ring (bicyclic) bond motifs is 2. The maximum absolute atomic E-state index is 3.72. The molecule has 1 aromatic heterocycles. The van der Waals surface area contributed by atoms with Crippen LogP contribution in [0.5, 0.6) is 0 Å². The van der Waals surface area contributed by atoms with Crippen molar-refractivity contribution in [3.63, 3.8) is 0 Å². The molecule has 1 fully saturated rings. The Labute approximate surface area is 153 Å². The van der Waals surface area contributed by atoms with Crippen molar-refractivity contribution in [2.24, 2.45) is 5.92 Å². The fourth-order valence-corrected chi connectivity index (χ4v) is 5.96. The number of benzene rings is 2. The minimum absolute atomic E-state index is 0.639. The summed E-state index contributed by atoms with van der Waals surface area (Å²) in [7, 11) is 2.31. The molecule has 3 aromatic rings. The Bertz CT molecular complexity index is 914. The molecule has 2 aromatic carbocycles. The Kier molecular flexibility index (Phi) is 3.68. The van der Waals surface area contributed by atoms with Crippen molar-refractivity contribution in [1.29, 1.82) is 0 Å². The summed E-state index contributed by atoms with van der Waals surface area (Å²) in [6.07, 6.45) is 2.49. The quantitative estimate of drug-likeness (QED) is 0.678. The molecule has 0 spiro atoms. The normalized spacial score (nSPS) is 25.9. The topological polar surface area (TPSA) is 19.0 Å². The van der Waals surface area contributed by atoms with Crippen LogP contribution in [0.15, 0.2) is 58.5 Å². The van der Waals surface area contributed by atoms with Gasteiger partial charge in [-0.1, -0.05) is 49.0 Å². The summed E-state index contributed by atoms with van der Waals surface area (Å²) >= 11 is 1.87. The number of nitrogens with one attached hydrogen (secondary N) is 1. The standard InChI is InChI=1S/C22H24N2S/c1-14-11-17-16-9-6-10-19-21(16)18(12-20(17)24(2)13-14)22(23-19)25-15-7-4-3-5-8-15/h3-10,14,17,20,23H,11-13H2,1-2H3/t14-,17-,20-/m1/s1. The van der Waals surface area contributed by atoms with Crippen LogP contribution in [0, 0.1) is 5.92 Å². The van der Waals surface area contributed by atoms with Crippen molar-refractivity contribution in [2.75, 3.05) is 13.6 Å². The van der Waals surface area contributed by atoms with Gasteiger partial charge in [-0.25, -0.2) is 0 Å². The average molecular weight is 349 g/mol. The number of likely N-dealkylation sites (tertiary alicyclic amines) is 1. The molecule has 0 saturated carbocycles. The first kappa shape index (κ1) is 15.5. The predicted octanol–water partition coefficient (Wildman–Crippen LogP) is 5.30. The molecule has 1 aliphatic carbocycles. The van der Waals surface area contributed by atoms with Crippen LogP contribution in [0.25, 0.3) is 10.9 Å². The fourth-order valence-electron chi connectivity index (χ4n) is 4.96. The van der Waals surface area contributed by atoms with Crippen LogP contribution >= 0.6 is 11.8 Å². The van der Waals surface area contributed by atoms with E-state index < -0.39 is 0 Å². The lowest BCUT2D eigenvalue weighted by Crippen LogP contribution is -2.47. The second-order valence-electron chi connectivity index (χ2n) is 7.78. The molecule has 3 heteroatoms. The Hall–Kier alpha value is -1.71. The first-order valence-electron chi connectivity index (χ1n) is 9.27. The van der Waals surface area contributed by atoms with Crippen LogP contribution in [0.4, 0.5) is 0 Å². The maximum Gasteiger partial charge on any atom is 0.0814 e. The van der Waals surface area contributed by atoms with Gasteiger partial charge in [0.25, 0.3) is 0 Å². The monoisotopic (exact) mass is 348 g/mol. The second kappa shape index (κ2) is 5.93. The summed E-state index contributed by atoms with van der Waals surface area (Å²) in [6.45, 7) is 3.62. The highest BCUT2D eigenvalue weighted by molar-refractivity contribution is 7.99. The zero-order chi connectivity index (χ0) is 17.0. The van der Waals surface area contributed by atoms with E-state index in [1.807, 2.05) is 11.8 Å². The van der Waals surface area contributed by atoms with Crippen LogP contribution < -0.4 is 0 Å². The van der Waals surface area contributed by atoms with E-state index in [0.717, 1.165) is 5.92 Å². The van der Waals surface area contributed by atoms with E-state index in [4.69, 9.17) is 0 Å². The lowest BCUT2D eigenvalue weighted by Gasteiger charge is -2.45. The Morgan fingerprint density at radius 1 is 1.08 bits per heavy atom. The number of hydrogen-bond donors (Lipinski definition) is 1. The number of nitrogens with zero attached hydrogens (tertiary/aromatic N) is 1. The molecule has 0 radical (unpaired) electrons. The molecule has 2 nitrogen and oxygen atoms in total. The molecule has 128 valence electrons. The summed E-state index contributed by atoms with van der Waals surface area (Å²) in [4.78, 5) is 7.63. The lowest BCUT2D eigenvalue weighted by atomic mass is 9.73. The predicted molar refractivity (Wildman–Crippen MR) is 106 cm³/mol. The third kappa shape index (κ3) is 2.52. The summed E-state index contributed by atoms with van der Waals surface area (Å²) in [6, 6.07) is 18.2. The van der Waals surface area contributed by atoms with Crippen molar-refractivity contribution in [3.05, 3.63) is 59.7 Å². The number of hydrogen-bond acceptors (Lipinski definition) is 2. The molecule has 3 atom stereocenters. The second-order valence-corrected chi connectivity index (χ2v) is 8.86. The van der Waals surface area contributed by atoms with Crippen LogP contribution in [-0.2, 0) is 6.42 Å². The van der Waals surface area contributed by atoms with Gasteiger partial charge in [-0.05, 0) is 55.1 Å². The molecular formula is C22H24N2S. The molecule has 0 amide bonds. The molecule has 1 aliphatic heterocycles. The highest BCUT2D eigenvalue weighted by Gasteiger charge is 2.39. The number of piperidine rings is 1. The van der Waals surface area contributed by atoms with Gasteiger partial charge in [-0.15, -0.1) is 0 Å². The molecule has 1 saturated heterocycles. The number of likely N-dealkylation sites (N-methyl/N-ethyl adjacent to an activating group) is 1. The van der Waals surface area contributed by atoms with E-state index in [0.29, 0.717) is 12.0 Å². The summed E-state index contributed by atoms with van der Waals surface area (Å²) in [5.41, 5.74) is 4.41. The highest BCUT2D eigenvalue weighted by atomic mass is 32.2. The van der Waals surface area contributed by atoms with Crippen molar-refractivity contribution in [3.8, 4) is 0 Å². The molecular weight excluding hydrogens is 324 g/mol. The Morgan fingerprint density at radius 3 is 2.76 bits per heavy atom. The number of rotatable bonds is 2. The molecule has 5 rings (SSSR count). The van der Waals surface area contributed by atoms with Crippen LogP contribution in [-0.4, -0.2) is 29.5 Å². The van der Waals surface area contributed by atoms with Crippen molar-refractivity contribution >= 4 is 22.7 Å². The van der Waals surface area contributed by atoms with Gasteiger partial charge in [0, 0.05) is 34.3 Å². The van der Waals surface area contributed by atoms with Crippen molar-refractivity contribution < 1.29 is 0 Å². The van der Waals surface area contributed by atoms with E-state index in [-0.39, 0.29) is 0 Å². The summed E-state index contributed by atoms with van der Waals surface area (Å²) in [5.74, 6) is 1.45. The first-order chi connectivity index (χ1) is 12.2. The SMILES string of the molecule is C[C@@H]1C[C@@H]2c3cccc4[nH]c(Sc5ccccc5)c(c34)C[C@H]2N(C)C1. The van der Waals surface area contributed by atoms with Gasteiger partial charge in [0.15, 0.2) is 0 Å². The third-order valence-electron chi connectivity index (χ3n) is 5.98. The first-order valence-corrected chi connectivity index (χ1v) is 10.1. The molecule has 2 heterocycles. The van der Waals surface area contributed by atoms with Crippen molar-refractivity contribution in [1.82, 2.24) is 9.88 Å². The van der Waals surface area contributed by atoms with E-state index in [9.17, 15) is 0 Å². The van der Waals surface area contributed by atoms with Gasteiger partial charge >= 0.3 is 0 Å².